The number of anilines is 1. The Kier molecular flexibility index (Phi) is 4.52. The first-order valence-electron chi connectivity index (χ1n) is 8.71. The number of nitrogens with zero attached hydrogens (tertiary/aromatic N) is 3. The predicted molar refractivity (Wildman–Crippen MR) is 112 cm³/mol. The van der Waals surface area contributed by atoms with Crippen LogP contribution in [0.25, 0.3) is 22.0 Å². The van der Waals surface area contributed by atoms with Crippen molar-refractivity contribution in [3.05, 3.63) is 74.7 Å². The van der Waals surface area contributed by atoms with Crippen molar-refractivity contribution in [3.8, 4) is 11.1 Å². The lowest BCUT2D eigenvalue weighted by atomic mass is 9.99. The van der Waals surface area contributed by atoms with Gasteiger partial charge >= 0.3 is 0 Å². The van der Waals surface area contributed by atoms with E-state index in [0.717, 1.165) is 27.7 Å². The number of hydrogen-bond acceptors (Lipinski definition) is 5. The average molecular weight is 390 g/mol. The lowest BCUT2D eigenvalue weighted by Crippen LogP contribution is -2.19. The molecule has 0 bridgehead atoms. The van der Waals surface area contributed by atoms with E-state index in [0.29, 0.717) is 16.9 Å². The SMILES string of the molecule is Cc1cc2c(cn1)cc(-c1cc(NC(=O)c3cscn3)ccc1C)c(=O)n2C. The molecule has 7 heteroatoms. The highest BCUT2D eigenvalue weighted by molar-refractivity contribution is 7.07. The summed E-state index contributed by atoms with van der Waals surface area (Å²) in [4.78, 5) is 33.7. The molecule has 4 rings (SSSR count). The molecule has 3 heterocycles. The van der Waals surface area contributed by atoms with Crippen molar-refractivity contribution >= 4 is 33.8 Å². The van der Waals surface area contributed by atoms with Gasteiger partial charge in [0.1, 0.15) is 5.69 Å². The lowest BCUT2D eigenvalue weighted by Gasteiger charge is -2.13. The number of thiazole rings is 1. The van der Waals surface area contributed by atoms with E-state index in [1.54, 1.807) is 28.7 Å². The Morgan fingerprint density at radius 1 is 1.11 bits per heavy atom. The predicted octanol–water partition coefficient (Wildman–Crippen LogP) is 3.93. The maximum absolute atomic E-state index is 13.0. The summed E-state index contributed by atoms with van der Waals surface area (Å²) in [5.74, 6) is -0.276. The second-order valence-electron chi connectivity index (χ2n) is 6.66. The third-order valence-electron chi connectivity index (χ3n) is 4.70. The van der Waals surface area contributed by atoms with Crippen molar-refractivity contribution in [2.45, 2.75) is 13.8 Å². The molecule has 0 fully saturated rings. The molecule has 0 aliphatic carbocycles. The number of hydrogen-bond donors (Lipinski definition) is 1. The fourth-order valence-electron chi connectivity index (χ4n) is 3.17. The summed E-state index contributed by atoms with van der Waals surface area (Å²) in [5.41, 5.74) is 6.50. The van der Waals surface area contributed by atoms with Gasteiger partial charge in [-0.1, -0.05) is 6.07 Å². The molecule has 4 aromatic rings. The van der Waals surface area contributed by atoms with E-state index in [2.05, 4.69) is 15.3 Å². The quantitative estimate of drug-likeness (QED) is 0.575. The molecule has 0 unspecified atom stereocenters. The van der Waals surface area contributed by atoms with Crippen LogP contribution in [-0.4, -0.2) is 20.4 Å². The van der Waals surface area contributed by atoms with Gasteiger partial charge in [0, 0.05) is 41.0 Å². The zero-order valence-corrected chi connectivity index (χ0v) is 16.5. The zero-order valence-electron chi connectivity index (χ0n) is 15.7. The topological polar surface area (TPSA) is 76.9 Å². The summed E-state index contributed by atoms with van der Waals surface area (Å²) in [5, 5.41) is 5.43. The molecule has 0 spiro atoms. The normalized spacial score (nSPS) is 11.0. The van der Waals surface area contributed by atoms with Gasteiger partial charge in [0.25, 0.3) is 11.5 Å². The Bertz CT molecular complexity index is 1260. The van der Waals surface area contributed by atoms with Gasteiger partial charge in [-0.15, -0.1) is 11.3 Å². The Morgan fingerprint density at radius 3 is 2.68 bits per heavy atom. The maximum Gasteiger partial charge on any atom is 0.275 e. The van der Waals surface area contributed by atoms with Gasteiger partial charge in [0.2, 0.25) is 0 Å². The third-order valence-corrected chi connectivity index (χ3v) is 5.28. The molecule has 0 aliphatic rings. The molecule has 1 aromatic carbocycles. The first kappa shape index (κ1) is 18.1. The van der Waals surface area contributed by atoms with Crippen LogP contribution in [0.2, 0.25) is 0 Å². The van der Waals surface area contributed by atoms with Crippen LogP contribution in [0.1, 0.15) is 21.7 Å². The molecular weight excluding hydrogens is 372 g/mol. The van der Waals surface area contributed by atoms with E-state index in [9.17, 15) is 9.59 Å². The molecule has 3 aromatic heterocycles. The summed E-state index contributed by atoms with van der Waals surface area (Å²) in [6, 6.07) is 9.29. The number of fused-ring (bicyclic) bond motifs is 1. The molecule has 6 nitrogen and oxygen atoms in total. The highest BCUT2D eigenvalue weighted by Crippen LogP contribution is 2.27. The van der Waals surface area contributed by atoms with Crippen LogP contribution in [-0.2, 0) is 7.05 Å². The molecule has 0 saturated carbocycles. The number of carbonyl (C=O) groups excluding carboxylic acids is 1. The second-order valence-corrected chi connectivity index (χ2v) is 7.38. The highest BCUT2D eigenvalue weighted by atomic mass is 32.1. The Labute approximate surface area is 165 Å². The lowest BCUT2D eigenvalue weighted by molar-refractivity contribution is 0.102. The van der Waals surface area contributed by atoms with Crippen LogP contribution in [0.4, 0.5) is 5.69 Å². The van der Waals surface area contributed by atoms with Crippen molar-refractivity contribution in [1.82, 2.24) is 14.5 Å². The Hall–Kier alpha value is -3.32. The summed E-state index contributed by atoms with van der Waals surface area (Å²) in [6.07, 6.45) is 1.77. The number of benzene rings is 1. The van der Waals surface area contributed by atoms with Gasteiger partial charge in [-0.25, -0.2) is 4.98 Å². The van der Waals surface area contributed by atoms with E-state index >= 15 is 0 Å². The minimum absolute atomic E-state index is 0.0934. The van der Waals surface area contributed by atoms with Crippen LogP contribution < -0.4 is 10.9 Å². The summed E-state index contributed by atoms with van der Waals surface area (Å²) in [6.45, 7) is 3.84. The standard InChI is InChI=1S/C21H18N4O2S/c1-12-4-5-15(24-20(26)18-10-28-11-23-18)8-16(12)17-7-14-9-22-13(2)6-19(14)25(3)21(17)27/h4-11H,1-3H3,(H,24,26). The number of aromatic nitrogens is 3. The van der Waals surface area contributed by atoms with Crippen molar-refractivity contribution in [1.29, 1.82) is 0 Å². The number of aryl methyl sites for hydroxylation is 3. The van der Waals surface area contributed by atoms with Crippen LogP contribution in [0.3, 0.4) is 0 Å². The average Bonchev–Trinajstić information content (AvgIpc) is 3.22. The fourth-order valence-corrected chi connectivity index (χ4v) is 3.70. The van der Waals surface area contributed by atoms with Gasteiger partial charge in [0.05, 0.1) is 11.0 Å². The second kappa shape index (κ2) is 7.01. The van der Waals surface area contributed by atoms with E-state index in [-0.39, 0.29) is 11.5 Å². The van der Waals surface area contributed by atoms with Crippen LogP contribution >= 0.6 is 11.3 Å². The highest BCUT2D eigenvalue weighted by Gasteiger charge is 2.14. The van der Waals surface area contributed by atoms with E-state index in [1.165, 1.54) is 11.3 Å². The zero-order chi connectivity index (χ0) is 19.8. The molecule has 0 atom stereocenters. The molecule has 0 saturated heterocycles. The van der Waals surface area contributed by atoms with Gasteiger partial charge < -0.3 is 9.88 Å². The number of carbonyl (C=O) groups is 1. The molecule has 140 valence electrons. The van der Waals surface area contributed by atoms with Crippen molar-refractivity contribution in [2.75, 3.05) is 5.32 Å². The third kappa shape index (κ3) is 3.20. The number of pyridine rings is 2. The molecule has 28 heavy (non-hydrogen) atoms. The van der Waals surface area contributed by atoms with Crippen molar-refractivity contribution in [3.63, 3.8) is 0 Å². The molecular formula is C21H18N4O2S. The summed E-state index contributed by atoms with van der Waals surface area (Å²) >= 11 is 1.36. The van der Waals surface area contributed by atoms with E-state index < -0.39 is 0 Å². The minimum atomic E-state index is -0.276. The molecule has 1 N–H and O–H groups in total. The first-order chi connectivity index (χ1) is 13.4. The fraction of sp³-hybridized carbons (Fsp3) is 0.143. The number of amides is 1. The van der Waals surface area contributed by atoms with E-state index in [4.69, 9.17) is 0 Å². The van der Waals surface area contributed by atoms with E-state index in [1.807, 2.05) is 44.2 Å². The van der Waals surface area contributed by atoms with Crippen LogP contribution in [0, 0.1) is 13.8 Å². The van der Waals surface area contributed by atoms with Crippen molar-refractivity contribution in [2.24, 2.45) is 7.05 Å². The monoisotopic (exact) mass is 390 g/mol. The molecule has 0 radical (unpaired) electrons. The maximum atomic E-state index is 13.0. The first-order valence-corrected chi connectivity index (χ1v) is 9.65. The minimum Gasteiger partial charge on any atom is -0.321 e. The van der Waals surface area contributed by atoms with Crippen molar-refractivity contribution < 1.29 is 4.79 Å². The van der Waals surface area contributed by atoms with Crippen LogP contribution in [0.15, 0.2) is 52.2 Å². The van der Waals surface area contributed by atoms with Gasteiger partial charge in [-0.05, 0) is 49.2 Å². The Morgan fingerprint density at radius 2 is 1.93 bits per heavy atom. The summed E-state index contributed by atoms with van der Waals surface area (Å²) in [7, 11) is 1.76. The van der Waals surface area contributed by atoms with Gasteiger partial charge in [-0.3, -0.25) is 14.6 Å². The molecule has 1 amide bonds. The molecule has 0 aliphatic heterocycles. The van der Waals surface area contributed by atoms with Crippen LogP contribution in [0.5, 0.6) is 0 Å². The van der Waals surface area contributed by atoms with Gasteiger partial charge in [0.15, 0.2) is 0 Å². The Balaban J connectivity index is 1.81. The number of rotatable bonds is 3. The summed E-state index contributed by atoms with van der Waals surface area (Å²) < 4.78 is 1.64. The van der Waals surface area contributed by atoms with Gasteiger partial charge in [-0.2, -0.15) is 0 Å². The largest absolute Gasteiger partial charge is 0.321 e. The number of nitrogens with one attached hydrogen (secondary N) is 1. The smallest absolute Gasteiger partial charge is 0.275 e.